The molecular formula is C15H16F3NO3. The van der Waals surface area contributed by atoms with E-state index in [1.165, 1.54) is 6.07 Å². The van der Waals surface area contributed by atoms with Gasteiger partial charge in [-0.25, -0.2) is 4.79 Å². The number of aromatic nitrogens is 1. The normalized spacial score (nSPS) is 10.8. The number of para-hydroxylation sites is 1. The first-order chi connectivity index (χ1) is 10.4. The van der Waals surface area contributed by atoms with Gasteiger partial charge in [0, 0.05) is 18.6 Å². The first-order valence-corrected chi connectivity index (χ1v) is 6.60. The lowest BCUT2D eigenvalue weighted by Gasteiger charge is -2.06. The lowest BCUT2D eigenvalue weighted by atomic mass is 10.2. The fraction of sp³-hybridized carbons (Fsp3) is 0.333. The van der Waals surface area contributed by atoms with Crippen LogP contribution in [0.25, 0.3) is 10.9 Å². The number of benzene rings is 1. The topological polar surface area (TPSA) is 48.4 Å². The van der Waals surface area contributed by atoms with Crippen LogP contribution in [-0.4, -0.2) is 30.3 Å². The highest BCUT2D eigenvalue weighted by Crippen LogP contribution is 2.22. The third-order valence-electron chi connectivity index (χ3n) is 2.42. The lowest BCUT2D eigenvalue weighted by Crippen LogP contribution is -2.27. The van der Waals surface area contributed by atoms with Crippen molar-refractivity contribution in [1.82, 2.24) is 4.98 Å². The Morgan fingerprint density at radius 1 is 1.18 bits per heavy atom. The summed E-state index contributed by atoms with van der Waals surface area (Å²) in [4.78, 5) is 14.5. The Bertz CT molecular complexity index is 612. The number of pyridine rings is 1. The highest BCUT2D eigenvalue weighted by Gasteiger charge is 2.41. The van der Waals surface area contributed by atoms with Gasteiger partial charge in [-0.15, -0.1) is 0 Å². The molecule has 0 amide bonds. The van der Waals surface area contributed by atoms with E-state index in [1.54, 1.807) is 24.3 Å². The summed E-state index contributed by atoms with van der Waals surface area (Å²) in [6.07, 6.45) is -3.93. The summed E-state index contributed by atoms with van der Waals surface area (Å²) in [5.41, 5.74) is 0.610. The molecule has 0 aliphatic heterocycles. The van der Waals surface area contributed by atoms with E-state index in [1.807, 2.05) is 13.8 Å². The molecule has 7 heteroatoms. The van der Waals surface area contributed by atoms with Crippen LogP contribution in [0.5, 0.6) is 5.75 Å². The van der Waals surface area contributed by atoms with Crippen LogP contribution in [-0.2, 0) is 9.53 Å². The monoisotopic (exact) mass is 315 g/mol. The molecule has 1 aromatic heterocycles. The zero-order chi connectivity index (χ0) is 16.6. The largest absolute Gasteiger partial charge is 0.491 e. The Morgan fingerprint density at radius 3 is 2.36 bits per heavy atom. The summed E-state index contributed by atoms with van der Waals surface area (Å²) in [6.45, 7) is 5.67. The number of hydrogen-bond donors (Lipinski definition) is 0. The molecule has 2 aromatic rings. The minimum absolute atomic E-state index is 0.231. The average molecular weight is 315 g/mol. The summed E-state index contributed by atoms with van der Waals surface area (Å²) in [5, 5.41) is 0.597. The van der Waals surface area contributed by atoms with Gasteiger partial charge in [0.25, 0.3) is 0 Å². The van der Waals surface area contributed by atoms with Crippen molar-refractivity contribution in [2.45, 2.75) is 20.0 Å². The van der Waals surface area contributed by atoms with Gasteiger partial charge in [-0.2, -0.15) is 13.2 Å². The molecule has 0 unspecified atom stereocenters. The maximum absolute atomic E-state index is 12.0. The van der Waals surface area contributed by atoms with E-state index in [0.29, 0.717) is 10.9 Å². The molecule has 0 N–H and O–H groups in total. The summed E-state index contributed by atoms with van der Waals surface area (Å²) in [7, 11) is 0. The molecule has 0 saturated carbocycles. The molecule has 0 spiro atoms. The molecule has 0 radical (unpaired) electrons. The highest BCUT2D eigenvalue weighted by atomic mass is 19.4. The van der Waals surface area contributed by atoms with Crippen LogP contribution < -0.4 is 4.74 Å². The maximum atomic E-state index is 12.0. The Kier molecular flexibility index (Phi) is 6.78. The Morgan fingerprint density at radius 2 is 1.82 bits per heavy atom. The molecule has 1 aromatic carbocycles. The van der Waals surface area contributed by atoms with Gasteiger partial charge in [-0.1, -0.05) is 18.2 Å². The van der Waals surface area contributed by atoms with Crippen LogP contribution >= 0.6 is 0 Å². The number of rotatable bonds is 3. The highest BCUT2D eigenvalue weighted by molar-refractivity contribution is 5.82. The predicted octanol–water partition coefficient (Wildman–Crippen LogP) is 3.75. The minimum Gasteiger partial charge on any atom is -0.418 e. The number of alkyl halides is 3. The van der Waals surface area contributed by atoms with E-state index >= 15 is 0 Å². The van der Waals surface area contributed by atoms with Crippen LogP contribution in [0, 0.1) is 0 Å². The van der Waals surface area contributed by atoms with Gasteiger partial charge in [0.2, 0.25) is 0 Å². The van der Waals surface area contributed by atoms with Gasteiger partial charge in [0.1, 0.15) is 5.75 Å². The van der Waals surface area contributed by atoms with E-state index < -0.39 is 12.1 Å². The molecule has 120 valence electrons. The van der Waals surface area contributed by atoms with Gasteiger partial charge in [-0.05, 0) is 26.0 Å². The SMILES string of the molecule is CCOCC.O=C(Oc1cnc2ccccc2c1)C(F)(F)F. The first-order valence-electron chi connectivity index (χ1n) is 6.60. The number of nitrogens with zero attached hydrogens (tertiary/aromatic N) is 1. The van der Waals surface area contributed by atoms with Crippen molar-refractivity contribution < 1.29 is 27.4 Å². The van der Waals surface area contributed by atoms with Crippen molar-refractivity contribution in [2.75, 3.05) is 13.2 Å². The number of hydrogen-bond acceptors (Lipinski definition) is 4. The molecule has 22 heavy (non-hydrogen) atoms. The van der Waals surface area contributed by atoms with Crippen molar-refractivity contribution in [3.05, 3.63) is 36.5 Å². The van der Waals surface area contributed by atoms with Crippen molar-refractivity contribution in [2.24, 2.45) is 0 Å². The second kappa shape index (κ2) is 8.33. The smallest absolute Gasteiger partial charge is 0.418 e. The summed E-state index contributed by atoms with van der Waals surface area (Å²) in [6, 6.07) is 8.14. The van der Waals surface area contributed by atoms with Gasteiger partial charge in [-0.3, -0.25) is 4.98 Å². The number of carbonyl (C=O) groups is 1. The zero-order valence-electron chi connectivity index (χ0n) is 12.2. The Hall–Kier alpha value is -2.15. The van der Waals surface area contributed by atoms with E-state index in [-0.39, 0.29) is 5.75 Å². The minimum atomic E-state index is -5.01. The van der Waals surface area contributed by atoms with Gasteiger partial charge in [0.05, 0.1) is 11.7 Å². The molecule has 4 nitrogen and oxygen atoms in total. The van der Waals surface area contributed by atoms with E-state index in [4.69, 9.17) is 4.74 Å². The Balaban J connectivity index is 0.000000422. The van der Waals surface area contributed by atoms with Crippen molar-refractivity contribution in [1.29, 1.82) is 0 Å². The van der Waals surface area contributed by atoms with Crippen LogP contribution in [0.3, 0.4) is 0 Å². The fourth-order valence-corrected chi connectivity index (χ4v) is 1.48. The van der Waals surface area contributed by atoms with Gasteiger partial charge >= 0.3 is 12.1 Å². The molecule has 2 rings (SSSR count). The molecule has 0 aliphatic carbocycles. The molecule has 1 heterocycles. The molecule has 0 saturated heterocycles. The third kappa shape index (κ3) is 5.69. The summed E-state index contributed by atoms with van der Waals surface area (Å²) in [5.74, 6) is -2.49. The zero-order valence-corrected chi connectivity index (χ0v) is 12.2. The second-order valence-electron chi connectivity index (χ2n) is 4.03. The molecule has 0 aliphatic rings. The van der Waals surface area contributed by atoms with Gasteiger partial charge in [0.15, 0.2) is 0 Å². The van der Waals surface area contributed by atoms with E-state index in [2.05, 4.69) is 9.72 Å². The maximum Gasteiger partial charge on any atom is 0.491 e. The quantitative estimate of drug-likeness (QED) is 0.810. The second-order valence-corrected chi connectivity index (χ2v) is 4.03. The number of ether oxygens (including phenoxy) is 2. The third-order valence-corrected chi connectivity index (χ3v) is 2.42. The molecule has 0 fully saturated rings. The number of halogens is 3. The van der Waals surface area contributed by atoms with Crippen LogP contribution in [0.15, 0.2) is 36.5 Å². The number of fused-ring (bicyclic) bond motifs is 1. The average Bonchev–Trinajstić information content (AvgIpc) is 2.47. The summed E-state index contributed by atoms with van der Waals surface area (Å²) < 4.78 is 44.9. The van der Waals surface area contributed by atoms with Crippen molar-refractivity contribution in [3.63, 3.8) is 0 Å². The van der Waals surface area contributed by atoms with Gasteiger partial charge < -0.3 is 9.47 Å². The van der Waals surface area contributed by atoms with Crippen molar-refractivity contribution >= 4 is 16.9 Å². The van der Waals surface area contributed by atoms with Crippen LogP contribution in [0.2, 0.25) is 0 Å². The summed E-state index contributed by atoms with van der Waals surface area (Å²) >= 11 is 0. The Labute approximate surface area is 125 Å². The lowest BCUT2D eigenvalue weighted by molar-refractivity contribution is -0.189. The predicted molar refractivity (Wildman–Crippen MR) is 75.6 cm³/mol. The van der Waals surface area contributed by atoms with Crippen LogP contribution in [0.1, 0.15) is 13.8 Å². The fourth-order valence-electron chi connectivity index (χ4n) is 1.48. The number of carbonyl (C=O) groups excluding carboxylic acids is 1. The van der Waals surface area contributed by atoms with Crippen molar-refractivity contribution in [3.8, 4) is 5.75 Å². The standard InChI is InChI=1S/C11H6F3NO2.C4H10O/c12-11(13,14)10(16)17-8-5-7-3-1-2-4-9(7)15-6-8;1-3-5-4-2/h1-6H;3-4H2,1-2H3. The molecular weight excluding hydrogens is 299 g/mol. The first kappa shape index (κ1) is 17.9. The van der Waals surface area contributed by atoms with E-state index in [9.17, 15) is 18.0 Å². The number of esters is 1. The van der Waals surface area contributed by atoms with E-state index in [0.717, 1.165) is 19.4 Å². The molecule has 0 bridgehead atoms. The molecule has 0 atom stereocenters. The van der Waals surface area contributed by atoms with Crippen LogP contribution in [0.4, 0.5) is 13.2 Å².